The first kappa shape index (κ1) is 18.9. The van der Waals surface area contributed by atoms with Crippen molar-refractivity contribution in [1.82, 2.24) is 14.7 Å². The average Bonchev–Trinajstić information content (AvgIpc) is 2.72. The summed E-state index contributed by atoms with van der Waals surface area (Å²) in [5.74, 6) is 0.0917. The second kappa shape index (κ2) is 9.14. The summed E-state index contributed by atoms with van der Waals surface area (Å²) in [5, 5.41) is 0. The second-order valence-electron chi connectivity index (χ2n) is 7.17. The second-order valence-corrected chi connectivity index (χ2v) is 7.17. The number of rotatable bonds is 5. The van der Waals surface area contributed by atoms with Gasteiger partial charge in [0.05, 0.1) is 19.1 Å². The minimum absolute atomic E-state index is 0.0269. The molecule has 0 radical (unpaired) electrons. The van der Waals surface area contributed by atoms with Crippen molar-refractivity contribution in [2.24, 2.45) is 5.92 Å². The first-order valence-corrected chi connectivity index (χ1v) is 9.54. The third-order valence-electron chi connectivity index (χ3n) is 5.31. The Morgan fingerprint density at radius 2 is 1.88 bits per heavy atom. The molecule has 26 heavy (non-hydrogen) atoms. The number of likely N-dealkylation sites (N-methyl/N-ethyl adjacent to an activating group) is 1. The lowest BCUT2D eigenvalue weighted by molar-refractivity contribution is -0.135. The van der Waals surface area contributed by atoms with Gasteiger partial charge in [-0.25, -0.2) is 0 Å². The van der Waals surface area contributed by atoms with Crippen LogP contribution in [0.4, 0.5) is 0 Å². The Hall–Kier alpha value is -1.92. The Kier molecular flexibility index (Phi) is 6.63. The fourth-order valence-corrected chi connectivity index (χ4v) is 3.66. The molecule has 1 unspecified atom stereocenters. The number of morpholine rings is 1. The summed E-state index contributed by atoms with van der Waals surface area (Å²) in [5.41, 5.74) is 0.696. The average molecular weight is 359 g/mol. The molecule has 1 aromatic carbocycles. The molecular weight excluding hydrogens is 330 g/mol. The number of nitrogens with zero attached hydrogens (tertiary/aromatic N) is 3. The summed E-state index contributed by atoms with van der Waals surface area (Å²) >= 11 is 0. The van der Waals surface area contributed by atoms with Gasteiger partial charge in [0.25, 0.3) is 5.91 Å². The van der Waals surface area contributed by atoms with Crippen LogP contribution in [-0.2, 0) is 9.53 Å². The predicted octanol–water partition coefficient (Wildman–Crippen LogP) is 1.33. The summed E-state index contributed by atoms with van der Waals surface area (Å²) in [6, 6.07) is 9.33. The zero-order chi connectivity index (χ0) is 18.4. The van der Waals surface area contributed by atoms with E-state index < -0.39 is 0 Å². The van der Waals surface area contributed by atoms with Crippen LogP contribution in [0.3, 0.4) is 0 Å². The van der Waals surface area contributed by atoms with Crippen LogP contribution >= 0.6 is 0 Å². The number of carbonyl (C=O) groups is 2. The molecule has 2 fully saturated rings. The van der Waals surface area contributed by atoms with Crippen molar-refractivity contribution in [1.29, 1.82) is 0 Å². The predicted molar refractivity (Wildman–Crippen MR) is 100.0 cm³/mol. The van der Waals surface area contributed by atoms with Crippen molar-refractivity contribution in [3.05, 3.63) is 35.9 Å². The molecule has 2 amide bonds. The van der Waals surface area contributed by atoms with Crippen LogP contribution in [-0.4, -0.2) is 86.0 Å². The number of ether oxygens (including phenoxy) is 1. The fraction of sp³-hybridized carbons (Fsp3) is 0.600. The van der Waals surface area contributed by atoms with E-state index in [2.05, 4.69) is 4.90 Å². The first-order chi connectivity index (χ1) is 12.6. The van der Waals surface area contributed by atoms with Gasteiger partial charge in [-0.2, -0.15) is 0 Å². The Morgan fingerprint density at radius 3 is 2.62 bits per heavy atom. The Labute approximate surface area is 155 Å². The van der Waals surface area contributed by atoms with E-state index in [1.165, 1.54) is 0 Å². The molecule has 0 saturated carbocycles. The number of benzene rings is 1. The third-order valence-corrected chi connectivity index (χ3v) is 5.31. The highest BCUT2D eigenvalue weighted by atomic mass is 16.5. The molecule has 3 rings (SSSR count). The smallest absolute Gasteiger partial charge is 0.253 e. The van der Waals surface area contributed by atoms with Crippen molar-refractivity contribution in [3.8, 4) is 0 Å². The van der Waals surface area contributed by atoms with E-state index in [4.69, 9.17) is 4.74 Å². The molecule has 142 valence electrons. The maximum atomic E-state index is 12.8. The van der Waals surface area contributed by atoms with Gasteiger partial charge in [0.2, 0.25) is 5.91 Å². The van der Waals surface area contributed by atoms with Crippen molar-refractivity contribution in [2.75, 3.05) is 59.5 Å². The van der Waals surface area contributed by atoms with Crippen LogP contribution in [0.1, 0.15) is 23.2 Å². The minimum Gasteiger partial charge on any atom is -0.379 e. The zero-order valence-corrected chi connectivity index (χ0v) is 15.6. The summed E-state index contributed by atoms with van der Waals surface area (Å²) in [6.45, 7) is 6.28. The molecule has 2 aliphatic heterocycles. The third kappa shape index (κ3) is 4.83. The molecule has 6 heteroatoms. The maximum Gasteiger partial charge on any atom is 0.253 e. The number of amides is 2. The van der Waals surface area contributed by atoms with Crippen LogP contribution < -0.4 is 0 Å². The van der Waals surface area contributed by atoms with Crippen molar-refractivity contribution in [3.63, 3.8) is 0 Å². The summed E-state index contributed by atoms with van der Waals surface area (Å²) in [6.07, 6.45) is 1.74. The summed E-state index contributed by atoms with van der Waals surface area (Å²) in [4.78, 5) is 31.5. The Bertz CT molecular complexity index is 602. The minimum atomic E-state index is -0.0916. The summed E-state index contributed by atoms with van der Waals surface area (Å²) in [7, 11) is 1.88. The highest BCUT2D eigenvalue weighted by molar-refractivity contribution is 5.94. The zero-order valence-electron chi connectivity index (χ0n) is 15.6. The van der Waals surface area contributed by atoms with Gasteiger partial charge in [0.1, 0.15) is 0 Å². The molecule has 2 saturated heterocycles. The van der Waals surface area contributed by atoms with Gasteiger partial charge in [-0.3, -0.25) is 14.5 Å². The lowest BCUT2D eigenvalue weighted by atomic mass is 9.96. The Morgan fingerprint density at radius 1 is 1.15 bits per heavy atom. The highest BCUT2D eigenvalue weighted by Gasteiger charge is 2.30. The molecule has 2 aliphatic rings. The van der Waals surface area contributed by atoms with Gasteiger partial charge in [-0.1, -0.05) is 18.2 Å². The van der Waals surface area contributed by atoms with Crippen LogP contribution in [0.2, 0.25) is 0 Å². The van der Waals surface area contributed by atoms with E-state index in [1.807, 2.05) is 47.2 Å². The van der Waals surface area contributed by atoms with Crippen molar-refractivity contribution >= 4 is 11.8 Å². The van der Waals surface area contributed by atoms with Crippen LogP contribution in [0.5, 0.6) is 0 Å². The molecule has 1 aromatic rings. The van der Waals surface area contributed by atoms with Crippen molar-refractivity contribution < 1.29 is 14.3 Å². The van der Waals surface area contributed by atoms with Crippen LogP contribution in [0, 0.1) is 5.92 Å². The molecule has 1 atom stereocenters. The van der Waals surface area contributed by atoms with Gasteiger partial charge in [0, 0.05) is 51.9 Å². The van der Waals surface area contributed by atoms with E-state index in [0.29, 0.717) is 12.1 Å². The van der Waals surface area contributed by atoms with Crippen LogP contribution in [0.15, 0.2) is 30.3 Å². The van der Waals surface area contributed by atoms with Gasteiger partial charge in [-0.05, 0) is 25.0 Å². The number of hydrogen-bond donors (Lipinski definition) is 0. The molecule has 6 nitrogen and oxygen atoms in total. The molecular formula is C20H29N3O3. The first-order valence-electron chi connectivity index (χ1n) is 9.54. The molecule has 0 spiro atoms. The quantitative estimate of drug-likeness (QED) is 0.796. The topological polar surface area (TPSA) is 53.1 Å². The fourth-order valence-electron chi connectivity index (χ4n) is 3.66. The van der Waals surface area contributed by atoms with Gasteiger partial charge < -0.3 is 14.5 Å². The lowest BCUT2D eigenvalue weighted by Crippen LogP contribution is -2.47. The molecule has 0 aliphatic carbocycles. The molecule has 0 aromatic heterocycles. The monoisotopic (exact) mass is 359 g/mol. The lowest BCUT2D eigenvalue weighted by Gasteiger charge is -2.35. The van der Waals surface area contributed by atoms with E-state index in [9.17, 15) is 9.59 Å². The maximum absolute atomic E-state index is 12.8. The number of carbonyl (C=O) groups excluding carboxylic acids is 2. The molecule has 0 bridgehead atoms. The molecule has 2 heterocycles. The van der Waals surface area contributed by atoms with Crippen molar-refractivity contribution in [2.45, 2.75) is 12.8 Å². The number of likely N-dealkylation sites (tertiary alicyclic amines) is 1. The Balaban J connectivity index is 1.51. The normalized spacial score (nSPS) is 21.4. The van der Waals surface area contributed by atoms with E-state index in [-0.39, 0.29) is 17.7 Å². The highest BCUT2D eigenvalue weighted by Crippen LogP contribution is 2.20. The van der Waals surface area contributed by atoms with E-state index in [1.54, 1.807) is 0 Å². The van der Waals surface area contributed by atoms with Crippen LogP contribution in [0.25, 0.3) is 0 Å². The molecule has 0 N–H and O–H groups in total. The van der Waals surface area contributed by atoms with Gasteiger partial charge in [0.15, 0.2) is 0 Å². The number of piperidine rings is 1. The largest absolute Gasteiger partial charge is 0.379 e. The SMILES string of the molecule is CN(CCN1CCOCC1)C(=O)C1CCCN(C(=O)c2ccccc2)C1. The standard InChI is InChI=1S/C20H29N3O3/c1-21(10-11-22-12-14-26-15-13-22)19(24)18-8-5-9-23(16-18)20(25)17-6-3-2-4-7-17/h2-4,6-7,18H,5,8-16H2,1H3. The van der Waals surface area contributed by atoms with Gasteiger partial charge >= 0.3 is 0 Å². The van der Waals surface area contributed by atoms with E-state index >= 15 is 0 Å². The number of hydrogen-bond acceptors (Lipinski definition) is 4. The summed E-state index contributed by atoms with van der Waals surface area (Å²) < 4.78 is 5.36. The van der Waals surface area contributed by atoms with E-state index in [0.717, 1.165) is 58.8 Å². The van der Waals surface area contributed by atoms with Gasteiger partial charge in [-0.15, -0.1) is 0 Å².